The summed E-state index contributed by atoms with van der Waals surface area (Å²) in [5, 5.41) is 12.2. The maximum Gasteiger partial charge on any atom is 0.306 e. The maximum atomic E-state index is 14.9. The number of carbonyl (C=O) groups excluding carboxylic acids is 3. The Morgan fingerprint density at radius 3 is 2.55 bits per heavy atom. The summed E-state index contributed by atoms with van der Waals surface area (Å²) in [7, 11) is -2.41. The molecular weight excluding hydrogens is 804 g/mol. The zero-order chi connectivity index (χ0) is 43.0. The topological polar surface area (TPSA) is 186 Å². The first-order valence-corrected chi connectivity index (χ1v) is 23.6. The van der Waals surface area contributed by atoms with Crippen LogP contribution in [-0.4, -0.2) is 90.7 Å². The van der Waals surface area contributed by atoms with Gasteiger partial charge in [-0.25, -0.2) is 9.97 Å². The Morgan fingerprint density at radius 1 is 1.13 bits per heavy atom. The van der Waals surface area contributed by atoms with Crippen molar-refractivity contribution in [2.75, 3.05) is 19.0 Å². The van der Waals surface area contributed by atoms with Crippen LogP contribution < -0.4 is 14.8 Å². The number of nitrogens with zero attached hydrogens (tertiary/aromatic N) is 4. The van der Waals surface area contributed by atoms with Gasteiger partial charge in [-0.1, -0.05) is 26.8 Å². The van der Waals surface area contributed by atoms with Gasteiger partial charge in [0.15, 0.2) is 10.9 Å². The predicted molar refractivity (Wildman–Crippen MR) is 231 cm³/mol. The molecule has 0 radical (unpaired) electrons. The number of pyridine rings is 1. The average Bonchev–Trinajstić information content (AvgIpc) is 3.81. The molecule has 0 spiro atoms. The molecule has 2 saturated carbocycles. The van der Waals surface area contributed by atoms with E-state index in [0.717, 1.165) is 30.8 Å². The number of esters is 1. The molecule has 3 aromatic heterocycles. The first kappa shape index (κ1) is 43.5. The number of ketones is 1. The minimum atomic E-state index is -3.99. The van der Waals surface area contributed by atoms with Crippen LogP contribution in [0.2, 0.25) is 0 Å². The molecule has 322 valence electrons. The van der Waals surface area contributed by atoms with Crippen molar-refractivity contribution in [3.63, 3.8) is 0 Å². The number of rotatable bonds is 17. The van der Waals surface area contributed by atoms with Gasteiger partial charge in [0.1, 0.15) is 29.4 Å². The van der Waals surface area contributed by atoms with Crippen LogP contribution in [0.25, 0.3) is 22.3 Å². The molecule has 14 nitrogen and oxygen atoms in total. The van der Waals surface area contributed by atoms with Gasteiger partial charge < -0.3 is 29.3 Å². The molecule has 7 rings (SSSR count). The largest absolute Gasteiger partial charge is 0.497 e. The molecule has 16 heteroatoms. The third-order valence-corrected chi connectivity index (χ3v) is 15.8. The number of amides is 1. The Morgan fingerprint density at radius 2 is 1.90 bits per heavy atom. The lowest BCUT2D eigenvalue weighted by molar-refractivity contribution is -0.156. The molecule has 1 amide bonds. The van der Waals surface area contributed by atoms with E-state index in [0.29, 0.717) is 45.9 Å². The van der Waals surface area contributed by atoms with Gasteiger partial charge in [0, 0.05) is 53.7 Å². The van der Waals surface area contributed by atoms with E-state index in [-0.39, 0.29) is 61.7 Å². The van der Waals surface area contributed by atoms with Crippen molar-refractivity contribution in [1.82, 2.24) is 25.1 Å². The van der Waals surface area contributed by atoms with Crippen molar-refractivity contribution < 1.29 is 38.1 Å². The highest BCUT2D eigenvalue weighted by atomic mass is 32.1. The molecule has 3 N–H and O–H groups in total. The van der Waals surface area contributed by atoms with Gasteiger partial charge in [-0.15, -0.1) is 17.9 Å². The fourth-order valence-electron chi connectivity index (χ4n) is 8.75. The van der Waals surface area contributed by atoms with E-state index in [4.69, 9.17) is 24.2 Å². The zero-order valence-corrected chi connectivity index (χ0v) is 37.0. The van der Waals surface area contributed by atoms with Gasteiger partial charge in [-0.3, -0.25) is 24.0 Å². The number of benzene rings is 1. The number of nitrogens with one attached hydrogen (secondary N) is 2. The molecular formula is C44H57N6O8PS. The minimum Gasteiger partial charge on any atom is -0.497 e. The molecule has 6 atom stereocenters. The molecule has 4 aromatic rings. The molecule has 3 fully saturated rings. The quantitative estimate of drug-likeness (QED) is 0.0526. The molecule has 1 saturated heterocycles. The highest BCUT2D eigenvalue weighted by Gasteiger charge is 2.65. The van der Waals surface area contributed by atoms with Gasteiger partial charge in [-0.05, 0) is 75.5 Å². The summed E-state index contributed by atoms with van der Waals surface area (Å²) in [4.78, 5) is 66.0. The molecule has 2 unspecified atom stereocenters. The fourth-order valence-corrected chi connectivity index (χ4v) is 12.1. The maximum absolute atomic E-state index is 14.9. The smallest absolute Gasteiger partial charge is 0.306 e. The van der Waals surface area contributed by atoms with Gasteiger partial charge in [0.05, 0.1) is 54.6 Å². The number of hydrogen-bond acceptors (Lipinski definition) is 12. The van der Waals surface area contributed by atoms with Crippen molar-refractivity contribution in [2.45, 2.75) is 122 Å². The van der Waals surface area contributed by atoms with Gasteiger partial charge in [-0.2, -0.15) is 5.10 Å². The summed E-state index contributed by atoms with van der Waals surface area (Å²) in [6.07, 6.45) is 5.88. The van der Waals surface area contributed by atoms with Crippen LogP contribution in [0.1, 0.15) is 91.7 Å². The summed E-state index contributed by atoms with van der Waals surface area (Å²) in [5.41, 5.74) is 1.68. The first-order chi connectivity index (χ1) is 28.5. The highest BCUT2D eigenvalue weighted by Crippen LogP contribution is 2.74. The number of aromatic nitrogens is 4. The summed E-state index contributed by atoms with van der Waals surface area (Å²) >= 11 is 1.47. The van der Waals surface area contributed by atoms with Gasteiger partial charge in [0.25, 0.3) is 0 Å². The number of Topliss-reactive ketones (excluding diaryl/α,β-unsaturated/α-hetero) is 1. The zero-order valence-electron chi connectivity index (χ0n) is 35.3. The van der Waals surface area contributed by atoms with Crippen molar-refractivity contribution in [3.05, 3.63) is 60.3 Å². The Hall–Kier alpha value is -4.59. The lowest BCUT2D eigenvalue weighted by Crippen LogP contribution is -2.48. The number of methoxy groups -OCH3 is 1. The van der Waals surface area contributed by atoms with Crippen LogP contribution in [0, 0.1) is 17.3 Å². The van der Waals surface area contributed by atoms with E-state index in [1.165, 1.54) is 17.5 Å². The number of hydrogen-bond donors (Lipinski definition) is 3. The lowest BCUT2D eigenvalue weighted by atomic mass is 9.77. The molecule has 2 aliphatic carbocycles. The Kier molecular flexibility index (Phi) is 12.6. The lowest BCUT2D eigenvalue weighted by Gasteiger charge is -2.35. The molecule has 1 aliphatic heterocycles. The second-order valence-electron chi connectivity index (χ2n) is 18.0. The SMILES string of the molecule is C=C[C@@H]1C[C@]1(CC(=O)[C@@H]1C[C@@H](Oc2cc(-c3csc(NC(C)C)n3)nc3cc(OC)ccc23)CN1C(=O)C(CC(=O)OC1CCCC1)C(C)(C)C)P(=O)(O)Cc1ccn[nH]1. The third kappa shape index (κ3) is 9.33. The molecule has 4 heterocycles. The summed E-state index contributed by atoms with van der Waals surface area (Å²) in [6.45, 7) is 13.8. The summed E-state index contributed by atoms with van der Waals surface area (Å²) in [6, 6.07) is 8.19. The van der Waals surface area contributed by atoms with Crippen LogP contribution in [0.3, 0.4) is 0 Å². The van der Waals surface area contributed by atoms with Gasteiger partial charge in [0.2, 0.25) is 13.3 Å². The highest BCUT2D eigenvalue weighted by molar-refractivity contribution is 7.59. The Labute approximate surface area is 355 Å². The monoisotopic (exact) mass is 860 g/mol. The number of anilines is 1. The van der Waals surface area contributed by atoms with Crippen LogP contribution >= 0.6 is 18.7 Å². The number of aromatic amines is 1. The van der Waals surface area contributed by atoms with Crippen LogP contribution in [0.5, 0.6) is 11.5 Å². The van der Waals surface area contributed by atoms with Crippen molar-refractivity contribution in [3.8, 4) is 22.9 Å². The number of thiazole rings is 1. The number of fused-ring (bicyclic) bond motifs is 1. The number of allylic oxidation sites excluding steroid dienone is 1. The van der Waals surface area contributed by atoms with E-state index < -0.39 is 42.0 Å². The number of H-pyrrole nitrogens is 1. The predicted octanol–water partition coefficient (Wildman–Crippen LogP) is 8.17. The summed E-state index contributed by atoms with van der Waals surface area (Å²) < 4.78 is 32.4. The van der Waals surface area contributed by atoms with Crippen molar-refractivity contribution >= 4 is 52.4 Å². The third-order valence-electron chi connectivity index (χ3n) is 12.2. The molecule has 3 aliphatic rings. The standard InChI is InChI=1S/C44H57N6O8PS/c1-8-27-21-44(27,59(54,55)24-28-15-16-45-49-28)22-38(51)37-18-31(23-50(37)41(53)33(43(4,5)6)19-40(52)58-29-11-9-10-12-29)57-39-20-35(36-25-60-42(48-36)46-26(2)3)47-34-17-30(56-7)13-14-32(34)39/h8,13-17,20,25-27,29,31,33,37H,1,9-12,18-19,21-24H2,2-7H3,(H,45,49)(H,46,48)(H,54,55)/t27-,31-,33?,37+,44-/m1/s1. The molecule has 0 bridgehead atoms. The normalized spacial score (nSPS) is 23.3. The van der Waals surface area contributed by atoms with E-state index in [1.807, 2.05) is 64.3 Å². The van der Waals surface area contributed by atoms with Crippen molar-refractivity contribution in [2.24, 2.45) is 17.3 Å². The summed E-state index contributed by atoms with van der Waals surface area (Å²) in [5.74, 6) is -1.19. The Balaban J connectivity index is 1.22. The number of carbonyl (C=O) groups is 3. The number of ether oxygens (including phenoxy) is 3. The van der Waals surface area contributed by atoms with E-state index in [9.17, 15) is 23.8 Å². The second-order valence-corrected chi connectivity index (χ2v) is 21.4. The Bertz CT molecular complexity index is 2270. The van der Waals surface area contributed by atoms with Gasteiger partial charge >= 0.3 is 5.97 Å². The first-order valence-electron chi connectivity index (χ1n) is 20.8. The average molecular weight is 861 g/mol. The van der Waals surface area contributed by atoms with E-state index in [1.54, 1.807) is 24.2 Å². The van der Waals surface area contributed by atoms with E-state index >= 15 is 0 Å². The second kappa shape index (κ2) is 17.4. The van der Waals surface area contributed by atoms with Crippen LogP contribution in [-0.2, 0) is 29.8 Å². The molecule has 60 heavy (non-hydrogen) atoms. The molecule has 1 aromatic carbocycles. The van der Waals surface area contributed by atoms with E-state index in [2.05, 4.69) is 22.1 Å². The van der Waals surface area contributed by atoms with Crippen molar-refractivity contribution in [1.29, 1.82) is 0 Å². The number of likely N-dealkylation sites (tertiary alicyclic amines) is 1. The minimum absolute atomic E-state index is 0.0524. The van der Waals surface area contributed by atoms with Crippen LogP contribution in [0.4, 0.5) is 5.13 Å². The fraction of sp³-hybridized carbons (Fsp3) is 0.545. The van der Waals surface area contributed by atoms with Crippen LogP contribution in [0.15, 0.2) is 54.6 Å².